The van der Waals surface area contributed by atoms with Gasteiger partial charge in [-0.15, -0.1) is 0 Å². The van der Waals surface area contributed by atoms with E-state index in [1.807, 2.05) is 18.7 Å². The topological polar surface area (TPSA) is 55.7 Å². The van der Waals surface area contributed by atoms with Gasteiger partial charge in [0.2, 0.25) is 0 Å². The zero-order valence-electron chi connectivity index (χ0n) is 11.9. The zero-order chi connectivity index (χ0) is 14.6. The standard InChI is InChI=1S/C15H21NO3S/c1-3-6-19-16-11(4-2)14-12(17)8-15(9-13(14)18)5-7-20-10-15/h3,14H,1,4-10H2,2H3. The van der Waals surface area contributed by atoms with Gasteiger partial charge in [0.15, 0.2) is 0 Å². The minimum atomic E-state index is -0.680. The Kier molecular flexibility index (Phi) is 5.02. The second-order valence-corrected chi connectivity index (χ2v) is 6.65. The van der Waals surface area contributed by atoms with Crippen LogP contribution in [-0.2, 0) is 14.4 Å². The summed E-state index contributed by atoms with van der Waals surface area (Å²) >= 11 is 1.85. The van der Waals surface area contributed by atoms with Gasteiger partial charge in [-0.3, -0.25) is 9.59 Å². The van der Waals surface area contributed by atoms with E-state index in [0.717, 1.165) is 17.9 Å². The molecule has 1 aliphatic carbocycles. The molecular formula is C15H21NO3S. The molecule has 110 valence electrons. The number of thioether (sulfide) groups is 1. The van der Waals surface area contributed by atoms with Crippen LogP contribution < -0.4 is 0 Å². The summed E-state index contributed by atoms with van der Waals surface area (Å²) in [5.74, 6) is 1.35. The fourth-order valence-electron chi connectivity index (χ4n) is 2.98. The first-order chi connectivity index (χ1) is 9.62. The number of carbonyl (C=O) groups excluding carboxylic acids is 2. The third-order valence-corrected chi connectivity index (χ3v) is 5.31. The maximum absolute atomic E-state index is 12.4. The van der Waals surface area contributed by atoms with Crippen molar-refractivity contribution in [3.63, 3.8) is 0 Å². The van der Waals surface area contributed by atoms with Crippen LogP contribution in [0, 0.1) is 11.3 Å². The van der Waals surface area contributed by atoms with Gasteiger partial charge >= 0.3 is 0 Å². The molecule has 0 aromatic heterocycles. The van der Waals surface area contributed by atoms with Gasteiger partial charge in [-0.2, -0.15) is 11.8 Å². The summed E-state index contributed by atoms with van der Waals surface area (Å²) in [6.07, 6.45) is 4.15. The highest BCUT2D eigenvalue weighted by Gasteiger charge is 2.48. The number of ketones is 2. The van der Waals surface area contributed by atoms with E-state index in [-0.39, 0.29) is 17.0 Å². The number of Topliss-reactive ketones (excluding diaryl/α,β-unsaturated/α-hetero) is 2. The molecule has 5 heteroatoms. The highest BCUT2D eigenvalue weighted by Crippen LogP contribution is 2.46. The van der Waals surface area contributed by atoms with Crippen LogP contribution in [0.25, 0.3) is 0 Å². The summed E-state index contributed by atoms with van der Waals surface area (Å²) in [7, 11) is 0. The normalized spacial score (nSPS) is 30.9. The molecule has 2 fully saturated rings. The Balaban J connectivity index is 2.12. The van der Waals surface area contributed by atoms with Gasteiger partial charge in [-0.25, -0.2) is 0 Å². The van der Waals surface area contributed by atoms with Crippen LogP contribution in [0.15, 0.2) is 17.8 Å². The van der Waals surface area contributed by atoms with Gasteiger partial charge in [0, 0.05) is 12.8 Å². The van der Waals surface area contributed by atoms with Gasteiger partial charge in [-0.05, 0) is 29.8 Å². The second-order valence-electron chi connectivity index (χ2n) is 5.54. The predicted octanol–water partition coefficient (Wildman–Crippen LogP) is 2.63. The van der Waals surface area contributed by atoms with Crippen LogP contribution in [0.4, 0.5) is 0 Å². The monoisotopic (exact) mass is 295 g/mol. The third-order valence-electron chi connectivity index (χ3n) is 4.00. The van der Waals surface area contributed by atoms with E-state index in [9.17, 15) is 9.59 Å². The van der Waals surface area contributed by atoms with Crippen LogP contribution in [0.5, 0.6) is 0 Å². The number of hydrogen-bond acceptors (Lipinski definition) is 5. The first-order valence-electron chi connectivity index (χ1n) is 7.04. The highest BCUT2D eigenvalue weighted by molar-refractivity contribution is 7.99. The number of carbonyl (C=O) groups is 2. The summed E-state index contributed by atoms with van der Waals surface area (Å²) in [4.78, 5) is 29.9. The average Bonchev–Trinajstić information content (AvgIpc) is 2.84. The molecule has 1 saturated heterocycles. The lowest BCUT2D eigenvalue weighted by atomic mass is 9.67. The van der Waals surface area contributed by atoms with Crippen molar-refractivity contribution in [2.45, 2.75) is 32.6 Å². The SMILES string of the molecule is C=CCON=C(CC)C1C(=O)CC2(CCSC2)CC1=O. The molecule has 2 rings (SSSR count). The maximum Gasteiger partial charge on any atom is 0.149 e. The molecule has 0 aromatic rings. The Morgan fingerprint density at radius 3 is 2.70 bits per heavy atom. The summed E-state index contributed by atoms with van der Waals surface area (Å²) in [5, 5.41) is 3.97. The highest BCUT2D eigenvalue weighted by atomic mass is 32.2. The molecule has 1 spiro atoms. The smallest absolute Gasteiger partial charge is 0.149 e. The Hall–Kier alpha value is -1.10. The Morgan fingerprint density at radius 1 is 1.50 bits per heavy atom. The number of oxime groups is 1. The molecule has 20 heavy (non-hydrogen) atoms. The van der Waals surface area contributed by atoms with E-state index in [4.69, 9.17) is 4.84 Å². The van der Waals surface area contributed by atoms with Crippen molar-refractivity contribution in [2.75, 3.05) is 18.1 Å². The van der Waals surface area contributed by atoms with Crippen molar-refractivity contribution in [2.24, 2.45) is 16.5 Å². The summed E-state index contributed by atoms with van der Waals surface area (Å²) < 4.78 is 0. The third kappa shape index (κ3) is 3.14. The quantitative estimate of drug-likeness (QED) is 0.257. The van der Waals surface area contributed by atoms with Crippen LogP contribution in [0.2, 0.25) is 0 Å². The summed E-state index contributed by atoms with van der Waals surface area (Å²) in [6.45, 7) is 5.73. The molecule has 2 aliphatic rings. The molecule has 4 nitrogen and oxygen atoms in total. The predicted molar refractivity (Wildman–Crippen MR) is 81.0 cm³/mol. The largest absolute Gasteiger partial charge is 0.392 e. The van der Waals surface area contributed by atoms with Crippen molar-refractivity contribution in [3.05, 3.63) is 12.7 Å². The summed E-state index contributed by atoms with van der Waals surface area (Å²) in [5.41, 5.74) is 0.484. The summed E-state index contributed by atoms with van der Waals surface area (Å²) in [6, 6.07) is 0. The van der Waals surface area contributed by atoms with Gasteiger partial charge in [0.1, 0.15) is 24.1 Å². The first kappa shape index (κ1) is 15.3. The minimum Gasteiger partial charge on any atom is -0.392 e. The molecule has 0 N–H and O–H groups in total. The van der Waals surface area contributed by atoms with Gasteiger partial charge in [0.05, 0.1) is 5.71 Å². The Labute approximate surface area is 124 Å². The van der Waals surface area contributed by atoms with E-state index in [1.165, 1.54) is 0 Å². The zero-order valence-corrected chi connectivity index (χ0v) is 12.7. The lowest BCUT2D eigenvalue weighted by molar-refractivity contribution is -0.136. The molecule has 0 amide bonds. The van der Waals surface area contributed by atoms with Crippen LogP contribution >= 0.6 is 11.8 Å². The molecule has 0 atom stereocenters. The van der Waals surface area contributed by atoms with Crippen molar-refractivity contribution < 1.29 is 14.4 Å². The van der Waals surface area contributed by atoms with Crippen molar-refractivity contribution in [1.29, 1.82) is 0 Å². The van der Waals surface area contributed by atoms with Crippen LogP contribution in [-0.4, -0.2) is 35.4 Å². The molecule has 1 heterocycles. The van der Waals surface area contributed by atoms with Crippen LogP contribution in [0.1, 0.15) is 32.6 Å². The molecule has 0 radical (unpaired) electrons. The van der Waals surface area contributed by atoms with Gasteiger partial charge < -0.3 is 4.84 Å². The van der Waals surface area contributed by atoms with E-state index < -0.39 is 5.92 Å². The average molecular weight is 295 g/mol. The Morgan fingerprint density at radius 2 is 2.20 bits per heavy atom. The van der Waals surface area contributed by atoms with Gasteiger partial charge in [-0.1, -0.05) is 24.7 Å². The fourth-order valence-corrected chi connectivity index (χ4v) is 4.48. The second kappa shape index (κ2) is 6.57. The molecule has 1 saturated carbocycles. The Bertz CT molecular complexity index is 418. The molecule has 0 unspecified atom stereocenters. The molecule has 0 bridgehead atoms. The number of hydrogen-bond donors (Lipinski definition) is 0. The lowest BCUT2D eigenvalue weighted by Gasteiger charge is -2.34. The van der Waals surface area contributed by atoms with Crippen LogP contribution in [0.3, 0.4) is 0 Å². The minimum absolute atomic E-state index is 0.0200. The van der Waals surface area contributed by atoms with Gasteiger partial charge in [0.25, 0.3) is 0 Å². The maximum atomic E-state index is 12.4. The molecule has 0 aromatic carbocycles. The van der Waals surface area contributed by atoms with Crippen molar-refractivity contribution >= 4 is 29.0 Å². The van der Waals surface area contributed by atoms with Crippen molar-refractivity contribution in [1.82, 2.24) is 0 Å². The fraction of sp³-hybridized carbons (Fsp3) is 0.667. The molecular weight excluding hydrogens is 274 g/mol. The van der Waals surface area contributed by atoms with E-state index in [2.05, 4.69) is 11.7 Å². The van der Waals surface area contributed by atoms with E-state index in [0.29, 0.717) is 31.6 Å². The van der Waals surface area contributed by atoms with E-state index >= 15 is 0 Å². The van der Waals surface area contributed by atoms with E-state index in [1.54, 1.807) is 6.08 Å². The molecule has 1 aliphatic heterocycles. The van der Waals surface area contributed by atoms with Crippen molar-refractivity contribution in [3.8, 4) is 0 Å². The lowest BCUT2D eigenvalue weighted by Crippen LogP contribution is -2.44. The number of rotatable bonds is 5. The number of nitrogens with zero attached hydrogens (tertiary/aromatic N) is 1. The first-order valence-corrected chi connectivity index (χ1v) is 8.20.